The van der Waals surface area contributed by atoms with E-state index in [9.17, 15) is 5.11 Å². The summed E-state index contributed by atoms with van der Waals surface area (Å²) >= 11 is 0. The summed E-state index contributed by atoms with van der Waals surface area (Å²) in [6, 6.07) is 1.85. The lowest BCUT2D eigenvalue weighted by molar-refractivity contribution is 0.0485. The van der Waals surface area contributed by atoms with Crippen LogP contribution in [0.4, 0.5) is 0 Å². The molecule has 1 N–H and O–H groups in total. The van der Waals surface area contributed by atoms with Gasteiger partial charge in [-0.2, -0.15) is 0 Å². The molecule has 1 aromatic rings. The summed E-state index contributed by atoms with van der Waals surface area (Å²) < 4.78 is 6.53. The van der Waals surface area contributed by atoms with E-state index in [1.807, 2.05) is 13.0 Å². The molecule has 0 fully saturated rings. The van der Waals surface area contributed by atoms with Gasteiger partial charge in [-0.05, 0) is 81.4 Å². The molecule has 0 amide bonds. The van der Waals surface area contributed by atoms with Gasteiger partial charge in [0.15, 0.2) is 0 Å². The second-order valence-electron chi connectivity index (χ2n) is 10.7. The Morgan fingerprint density at radius 3 is 2.17 bits per heavy atom. The van der Waals surface area contributed by atoms with Crippen molar-refractivity contribution < 1.29 is 9.84 Å². The maximum atomic E-state index is 10.1. The molecule has 0 bridgehead atoms. The van der Waals surface area contributed by atoms with Gasteiger partial charge in [0.05, 0.1) is 0 Å². The van der Waals surface area contributed by atoms with Gasteiger partial charge in [-0.3, -0.25) is 0 Å². The molecule has 0 aromatic heterocycles. The molecule has 0 saturated heterocycles. The topological polar surface area (TPSA) is 29.5 Å². The Balaban J connectivity index is 1.75. The first-order chi connectivity index (χ1) is 13.6. The second kappa shape index (κ2) is 10.7. The first-order valence-corrected chi connectivity index (χ1v) is 12.1. The lowest BCUT2D eigenvalue weighted by Crippen LogP contribution is -2.37. The molecule has 2 unspecified atom stereocenters. The number of hydrogen-bond donors (Lipinski definition) is 1. The van der Waals surface area contributed by atoms with Crippen molar-refractivity contribution in [1.29, 1.82) is 0 Å². The minimum Gasteiger partial charge on any atom is -0.508 e. The molecule has 166 valence electrons. The van der Waals surface area contributed by atoms with Crippen LogP contribution in [0.15, 0.2) is 6.07 Å². The Kier molecular flexibility index (Phi) is 8.91. The lowest BCUT2D eigenvalue weighted by atomic mass is 9.83. The molecular formula is C27H46O2. The van der Waals surface area contributed by atoms with Crippen LogP contribution in [0.1, 0.15) is 109 Å². The van der Waals surface area contributed by atoms with Crippen LogP contribution >= 0.6 is 0 Å². The number of hydrogen-bond acceptors (Lipinski definition) is 2. The van der Waals surface area contributed by atoms with Gasteiger partial charge in [0.25, 0.3) is 0 Å². The average Bonchev–Trinajstić information content (AvgIpc) is 2.64. The molecule has 1 aliphatic heterocycles. The van der Waals surface area contributed by atoms with E-state index in [-0.39, 0.29) is 5.60 Å². The van der Waals surface area contributed by atoms with Crippen LogP contribution in [0.2, 0.25) is 0 Å². The fraction of sp³-hybridized carbons (Fsp3) is 0.778. The predicted molar refractivity (Wildman–Crippen MR) is 125 cm³/mol. The number of phenolic OH excluding ortho intramolecular Hbond substituents is 1. The van der Waals surface area contributed by atoms with Gasteiger partial charge in [-0.1, -0.05) is 66.2 Å². The highest BCUT2D eigenvalue weighted by Gasteiger charge is 2.33. The molecule has 2 rings (SSSR count). The van der Waals surface area contributed by atoms with Crippen molar-refractivity contribution in [2.24, 2.45) is 17.8 Å². The van der Waals surface area contributed by atoms with E-state index in [1.165, 1.54) is 50.5 Å². The van der Waals surface area contributed by atoms with E-state index >= 15 is 0 Å². The zero-order valence-electron chi connectivity index (χ0n) is 20.2. The average molecular weight is 403 g/mol. The number of fused-ring (bicyclic) bond motifs is 1. The summed E-state index contributed by atoms with van der Waals surface area (Å²) in [6.07, 6.45) is 12.7. The Bertz CT molecular complexity index is 648. The largest absolute Gasteiger partial charge is 0.508 e. The highest BCUT2D eigenvalue weighted by atomic mass is 16.5. The molecule has 1 aromatic carbocycles. The van der Waals surface area contributed by atoms with E-state index < -0.39 is 0 Å². The molecule has 0 spiro atoms. The van der Waals surface area contributed by atoms with Crippen molar-refractivity contribution in [3.8, 4) is 11.5 Å². The lowest BCUT2D eigenvalue weighted by Gasteiger charge is -2.38. The van der Waals surface area contributed by atoms with Gasteiger partial charge in [-0.15, -0.1) is 0 Å². The third-order valence-corrected chi connectivity index (χ3v) is 7.11. The summed E-state index contributed by atoms with van der Waals surface area (Å²) in [5.41, 5.74) is 3.19. The van der Waals surface area contributed by atoms with Crippen LogP contribution in [-0.2, 0) is 6.42 Å². The molecule has 0 radical (unpaired) electrons. The van der Waals surface area contributed by atoms with E-state index in [2.05, 4.69) is 41.5 Å². The smallest absolute Gasteiger partial charge is 0.126 e. The van der Waals surface area contributed by atoms with Crippen molar-refractivity contribution in [2.75, 3.05) is 0 Å². The zero-order chi connectivity index (χ0) is 21.6. The van der Waals surface area contributed by atoms with Crippen molar-refractivity contribution >= 4 is 0 Å². The van der Waals surface area contributed by atoms with Crippen LogP contribution in [0.25, 0.3) is 0 Å². The minimum atomic E-state index is -0.0699. The summed E-state index contributed by atoms with van der Waals surface area (Å²) in [4.78, 5) is 0. The van der Waals surface area contributed by atoms with Gasteiger partial charge in [0, 0.05) is 5.56 Å². The molecule has 0 aliphatic carbocycles. The number of rotatable bonds is 11. The highest BCUT2D eigenvalue weighted by molar-refractivity contribution is 5.53. The van der Waals surface area contributed by atoms with Gasteiger partial charge in [0.1, 0.15) is 17.1 Å². The van der Waals surface area contributed by atoms with Gasteiger partial charge in [0.2, 0.25) is 0 Å². The molecule has 3 atom stereocenters. The Morgan fingerprint density at radius 1 is 0.966 bits per heavy atom. The fourth-order valence-corrected chi connectivity index (χ4v) is 4.78. The number of phenols is 1. The van der Waals surface area contributed by atoms with E-state index in [4.69, 9.17) is 4.74 Å². The van der Waals surface area contributed by atoms with Crippen LogP contribution in [0.3, 0.4) is 0 Å². The third-order valence-electron chi connectivity index (χ3n) is 7.11. The minimum absolute atomic E-state index is 0.0699. The highest BCUT2D eigenvalue weighted by Crippen LogP contribution is 2.42. The normalized spacial score (nSPS) is 21.0. The number of ether oxygens (including phenoxy) is 1. The summed E-state index contributed by atoms with van der Waals surface area (Å²) in [6.45, 7) is 15.8. The Morgan fingerprint density at radius 2 is 1.55 bits per heavy atom. The van der Waals surface area contributed by atoms with Crippen LogP contribution in [-0.4, -0.2) is 10.7 Å². The molecule has 1 aliphatic rings. The van der Waals surface area contributed by atoms with E-state index in [0.717, 1.165) is 53.9 Å². The molecule has 2 nitrogen and oxygen atoms in total. The molecule has 2 heteroatoms. The van der Waals surface area contributed by atoms with Crippen molar-refractivity contribution in [3.63, 3.8) is 0 Å². The summed E-state index contributed by atoms with van der Waals surface area (Å²) in [5.74, 6) is 3.91. The van der Waals surface area contributed by atoms with Crippen LogP contribution in [0.5, 0.6) is 11.5 Å². The molecule has 1 heterocycles. The van der Waals surface area contributed by atoms with Gasteiger partial charge >= 0.3 is 0 Å². The third kappa shape index (κ3) is 7.23. The molecule has 0 saturated carbocycles. The summed E-state index contributed by atoms with van der Waals surface area (Å²) in [5, 5.41) is 10.1. The number of benzene rings is 1. The Labute approximate surface area is 180 Å². The monoisotopic (exact) mass is 402 g/mol. The van der Waals surface area contributed by atoms with Gasteiger partial charge < -0.3 is 9.84 Å². The van der Waals surface area contributed by atoms with Crippen LogP contribution < -0.4 is 4.74 Å². The number of aromatic hydroxyl groups is 1. The SMILES string of the molecule is Cc1cc(O)c(C)c2c1O[C@](C)(CCC(C)CCCC(C)CCCC(C)C)CC2. The maximum absolute atomic E-state index is 10.1. The first kappa shape index (κ1) is 24.1. The van der Waals surface area contributed by atoms with Crippen molar-refractivity contribution in [2.45, 2.75) is 118 Å². The first-order valence-electron chi connectivity index (χ1n) is 12.1. The molecular weight excluding hydrogens is 356 g/mol. The van der Waals surface area contributed by atoms with E-state index in [1.54, 1.807) is 0 Å². The Hall–Kier alpha value is -1.18. The predicted octanol–water partition coefficient (Wildman–Crippen LogP) is 8.14. The van der Waals surface area contributed by atoms with Crippen molar-refractivity contribution in [1.82, 2.24) is 0 Å². The standard InChI is InChI=1S/C27H46O2/c1-19(2)10-8-11-20(3)12-9-13-21(4)14-16-27(7)17-15-24-23(6)25(28)18-22(5)26(24)29-27/h18-21,28H,8-17H2,1-7H3/t20?,21?,27-/m1/s1. The summed E-state index contributed by atoms with van der Waals surface area (Å²) in [7, 11) is 0. The maximum Gasteiger partial charge on any atom is 0.126 e. The van der Waals surface area contributed by atoms with Crippen molar-refractivity contribution in [3.05, 3.63) is 22.8 Å². The molecule has 29 heavy (non-hydrogen) atoms. The quantitative estimate of drug-likeness (QED) is 0.404. The zero-order valence-corrected chi connectivity index (χ0v) is 20.2. The van der Waals surface area contributed by atoms with E-state index in [0.29, 0.717) is 5.75 Å². The number of aryl methyl sites for hydroxylation is 1. The van der Waals surface area contributed by atoms with Gasteiger partial charge in [-0.25, -0.2) is 0 Å². The second-order valence-corrected chi connectivity index (χ2v) is 10.7. The van der Waals surface area contributed by atoms with Crippen LogP contribution in [0, 0.1) is 31.6 Å². The fourth-order valence-electron chi connectivity index (χ4n) is 4.78.